The molecule has 3 aliphatic carbocycles. The Kier molecular flexibility index (Phi) is 12.6. The van der Waals surface area contributed by atoms with Crippen molar-refractivity contribution in [3.63, 3.8) is 0 Å². The molecule has 15 heteroatoms. The number of hydrogen-bond acceptors (Lipinski definition) is 13. The van der Waals surface area contributed by atoms with Gasteiger partial charge in [-0.2, -0.15) is 0 Å². The molecule has 6 rings (SSSR count). The highest BCUT2D eigenvalue weighted by molar-refractivity contribution is 5.95. The van der Waals surface area contributed by atoms with Crippen molar-refractivity contribution in [3.8, 4) is 0 Å². The number of amides is 2. The quantitative estimate of drug-likeness (QED) is 0.125. The lowest BCUT2D eigenvalue weighted by molar-refractivity contribution is -0.209. The lowest BCUT2D eigenvalue weighted by atomic mass is 9.90. The summed E-state index contributed by atoms with van der Waals surface area (Å²) in [6, 6.07) is 5.81. The Balaban J connectivity index is 1.07. The van der Waals surface area contributed by atoms with Crippen LogP contribution in [0.1, 0.15) is 102 Å². The minimum atomic E-state index is -1.02. The number of esters is 4. The smallest absolute Gasteiger partial charge is 0.348 e. The molecule has 0 bridgehead atoms. The highest BCUT2D eigenvalue weighted by atomic mass is 16.8. The van der Waals surface area contributed by atoms with Crippen LogP contribution in [0.25, 0.3) is 6.08 Å². The highest BCUT2D eigenvalue weighted by Gasteiger charge is 2.64. The van der Waals surface area contributed by atoms with Gasteiger partial charge in [-0.1, -0.05) is 26.0 Å². The van der Waals surface area contributed by atoms with Crippen molar-refractivity contribution in [3.05, 3.63) is 53.1 Å². The van der Waals surface area contributed by atoms with E-state index in [-0.39, 0.29) is 62.8 Å². The molecule has 310 valence electrons. The monoisotopic (exact) mass is 794 g/mol. The first-order valence-electron chi connectivity index (χ1n) is 19.8. The SMILES string of the molecule is CC(C)(C)OC(=O)CCC(CO)NC(=O)CCNC(=O)C1=CC2OC(C3CC3)(C3CC3)OC2C(OC(=O)c2cccc(C=CC(=O)OC3C(=O)OCC3(C)C)c2)C1. The fraction of sp³-hybridized carbons (Fsp3) is 0.619. The van der Waals surface area contributed by atoms with Crippen molar-refractivity contribution in [2.24, 2.45) is 17.3 Å². The van der Waals surface area contributed by atoms with Crippen molar-refractivity contribution in [2.45, 2.75) is 128 Å². The molecule has 3 N–H and O–H groups in total. The van der Waals surface area contributed by atoms with E-state index in [1.807, 2.05) is 0 Å². The van der Waals surface area contributed by atoms with Crippen LogP contribution in [0, 0.1) is 17.3 Å². The van der Waals surface area contributed by atoms with Gasteiger partial charge in [0.15, 0.2) is 5.79 Å². The Bertz CT molecular complexity index is 1770. The predicted octanol–water partition coefficient (Wildman–Crippen LogP) is 3.46. The summed E-state index contributed by atoms with van der Waals surface area (Å²) >= 11 is 0. The molecule has 2 aliphatic heterocycles. The van der Waals surface area contributed by atoms with E-state index < -0.39 is 83.0 Å². The fourth-order valence-corrected chi connectivity index (χ4v) is 7.40. The molecule has 0 radical (unpaired) electrons. The van der Waals surface area contributed by atoms with Gasteiger partial charge < -0.3 is 44.2 Å². The van der Waals surface area contributed by atoms with Gasteiger partial charge in [-0.15, -0.1) is 0 Å². The molecule has 15 nitrogen and oxygen atoms in total. The first kappa shape index (κ1) is 42.0. The van der Waals surface area contributed by atoms with Gasteiger partial charge in [0.1, 0.15) is 30.5 Å². The van der Waals surface area contributed by atoms with Crippen molar-refractivity contribution in [1.82, 2.24) is 10.6 Å². The largest absolute Gasteiger partial charge is 0.462 e. The van der Waals surface area contributed by atoms with Crippen LogP contribution in [0.4, 0.5) is 0 Å². The summed E-state index contributed by atoms with van der Waals surface area (Å²) in [6.45, 7) is 8.58. The molecule has 5 aliphatic rings. The van der Waals surface area contributed by atoms with Crippen molar-refractivity contribution in [1.29, 1.82) is 0 Å². The number of cyclic esters (lactones) is 1. The number of aliphatic hydroxyl groups excluding tert-OH is 1. The van der Waals surface area contributed by atoms with Crippen LogP contribution in [-0.2, 0) is 52.4 Å². The Morgan fingerprint density at radius 3 is 2.37 bits per heavy atom. The van der Waals surface area contributed by atoms with Gasteiger partial charge in [0.2, 0.25) is 17.9 Å². The summed E-state index contributed by atoms with van der Waals surface area (Å²) in [4.78, 5) is 76.5. The zero-order valence-electron chi connectivity index (χ0n) is 33.2. The van der Waals surface area contributed by atoms with E-state index in [4.69, 9.17) is 28.4 Å². The normalized spacial score (nSPS) is 25.4. The van der Waals surface area contributed by atoms with Gasteiger partial charge in [0, 0.05) is 54.7 Å². The van der Waals surface area contributed by atoms with E-state index in [2.05, 4.69) is 10.6 Å². The second kappa shape index (κ2) is 17.1. The molecule has 2 heterocycles. The van der Waals surface area contributed by atoms with Gasteiger partial charge in [-0.25, -0.2) is 14.4 Å². The lowest BCUT2D eigenvalue weighted by Crippen LogP contribution is -2.44. The minimum Gasteiger partial charge on any atom is -0.462 e. The van der Waals surface area contributed by atoms with Gasteiger partial charge >= 0.3 is 23.9 Å². The van der Waals surface area contributed by atoms with Gasteiger partial charge in [-0.3, -0.25) is 14.4 Å². The lowest BCUT2D eigenvalue weighted by Gasteiger charge is -2.31. The van der Waals surface area contributed by atoms with E-state index >= 15 is 0 Å². The maximum absolute atomic E-state index is 13.7. The molecule has 1 aromatic carbocycles. The zero-order chi connectivity index (χ0) is 41.1. The third kappa shape index (κ3) is 10.7. The van der Waals surface area contributed by atoms with E-state index in [0.29, 0.717) is 11.1 Å². The predicted molar refractivity (Wildman–Crippen MR) is 202 cm³/mol. The fourth-order valence-electron chi connectivity index (χ4n) is 7.40. The van der Waals surface area contributed by atoms with E-state index in [9.17, 15) is 33.9 Å². The summed E-state index contributed by atoms with van der Waals surface area (Å²) in [6.07, 6.45) is 5.25. The molecular formula is C42H54N2O13. The number of carbonyl (C=O) groups excluding carboxylic acids is 6. The average molecular weight is 795 g/mol. The Morgan fingerprint density at radius 1 is 1.02 bits per heavy atom. The first-order chi connectivity index (χ1) is 27.0. The van der Waals surface area contributed by atoms with Gasteiger partial charge in [0.25, 0.3) is 0 Å². The van der Waals surface area contributed by atoms with Crippen molar-refractivity contribution < 1.29 is 62.3 Å². The summed E-state index contributed by atoms with van der Waals surface area (Å²) < 4.78 is 35.1. The topological polar surface area (TPSA) is 202 Å². The first-order valence-corrected chi connectivity index (χ1v) is 19.8. The van der Waals surface area contributed by atoms with E-state index in [0.717, 1.165) is 25.7 Å². The molecular weight excluding hydrogens is 740 g/mol. The van der Waals surface area contributed by atoms with Gasteiger partial charge in [0.05, 0.1) is 18.2 Å². The summed E-state index contributed by atoms with van der Waals surface area (Å²) in [5.74, 6) is -3.62. The number of benzene rings is 1. The van der Waals surface area contributed by atoms with Crippen LogP contribution in [-0.4, -0.2) is 102 Å². The van der Waals surface area contributed by atoms with Crippen LogP contribution < -0.4 is 10.6 Å². The number of rotatable bonds is 16. The third-order valence-electron chi connectivity index (χ3n) is 10.6. The number of fused-ring (bicyclic) bond motifs is 1. The molecule has 57 heavy (non-hydrogen) atoms. The van der Waals surface area contributed by atoms with Crippen LogP contribution in [0.5, 0.6) is 0 Å². The molecule has 2 saturated carbocycles. The number of hydrogen-bond donors (Lipinski definition) is 3. The third-order valence-corrected chi connectivity index (χ3v) is 10.6. The molecule has 2 saturated heterocycles. The molecule has 0 aromatic heterocycles. The maximum atomic E-state index is 13.7. The second-order valence-corrected chi connectivity index (χ2v) is 17.2. The van der Waals surface area contributed by atoms with Crippen LogP contribution in [0.2, 0.25) is 0 Å². The molecule has 4 fully saturated rings. The van der Waals surface area contributed by atoms with Crippen LogP contribution in [0.15, 0.2) is 42.0 Å². The van der Waals surface area contributed by atoms with Crippen LogP contribution in [0.3, 0.4) is 0 Å². The number of ether oxygens (including phenoxy) is 6. The average Bonchev–Trinajstić information content (AvgIpc) is 4.10. The molecule has 5 unspecified atom stereocenters. The van der Waals surface area contributed by atoms with E-state index in [1.54, 1.807) is 65.0 Å². The Hall–Kier alpha value is -4.60. The molecule has 2 amide bonds. The highest BCUT2D eigenvalue weighted by Crippen LogP contribution is 2.59. The minimum absolute atomic E-state index is 0.00737. The van der Waals surface area contributed by atoms with E-state index in [1.165, 1.54) is 12.2 Å². The number of carbonyl (C=O) groups is 6. The number of aliphatic hydroxyl groups is 1. The van der Waals surface area contributed by atoms with Crippen molar-refractivity contribution >= 4 is 41.8 Å². The van der Waals surface area contributed by atoms with Crippen LogP contribution >= 0.6 is 0 Å². The molecule has 0 spiro atoms. The standard InChI is InChI=1S/C42H54N2O13/c1-40(2,3)56-34(48)16-14-29(22-45)44-32(46)17-18-43-37(49)26-20-30(35-31(21-26)55-42(57-35,27-10-11-27)28-12-13-28)53-38(50)25-8-6-7-24(19-25)9-15-33(47)54-36-39(51)52-23-41(36,4)5/h6-9,15,19,21,27-31,35-36,45H,10-14,16-18,20,22-23H2,1-5H3,(H,43,49)(H,44,46). The summed E-state index contributed by atoms with van der Waals surface area (Å²) in [5.41, 5.74) is -0.255. The number of nitrogens with one attached hydrogen (secondary N) is 2. The molecule has 1 aromatic rings. The Labute approximate surface area is 332 Å². The summed E-state index contributed by atoms with van der Waals surface area (Å²) in [5, 5.41) is 15.2. The summed E-state index contributed by atoms with van der Waals surface area (Å²) in [7, 11) is 0. The molecule has 5 atom stereocenters. The Morgan fingerprint density at radius 2 is 1.74 bits per heavy atom. The van der Waals surface area contributed by atoms with Crippen molar-refractivity contribution in [2.75, 3.05) is 19.8 Å². The van der Waals surface area contributed by atoms with Gasteiger partial charge in [-0.05, 0) is 82.7 Å². The second-order valence-electron chi connectivity index (χ2n) is 17.2. The zero-order valence-corrected chi connectivity index (χ0v) is 33.2. The maximum Gasteiger partial charge on any atom is 0.348 e.